The molecule has 1 heterocycles. The van der Waals surface area contributed by atoms with Crippen molar-refractivity contribution in [2.45, 2.75) is 25.2 Å². The molecule has 3 rings (SSSR count). The standard InChI is InChI=1S/C21H22O12/c1-8-11(6-31-20(29)9-2-12(22)18(27)13(23)3-9)17(26)16(33-8)7-32-21(30)10-4-14(24)19(28)15(25)5-10/h2-5,8,11,16-17,22-28H,6-7H2,1H3/t8?,11-,16-,17+/m1/s1. The van der Waals surface area contributed by atoms with E-state index in [-0.39, 0.29) is 17.7 Å². The smallest absolute Gasteiger partial charge is 0.338 e. The molecule has 2 aromatic rings. The van der Waals surface area contributed by atoms with Crippen molar-refractivity contribution < 1.29 is 59.5 Å². The van der Waals surface area contributed by atoms with Gasteiger partial charge in [0.2, 0.25) is 0 Å². The molecule has 4 atom stereocenters. The zero-order chi connectivity index (χ0) is 24.4. The largest absolute Gasteiger partial charge is 0.504 e. The van der Waals surface area contributed by atoms with E-state index < -0.39 is 77.3 Å². The van der Waals surface area contributed by atoms with Crippen LogP contribution in [0, 0.1) is 5.92 Å². The fourth-order valence-corrected chi connectivity index (χ4v) is 3.32. The number of phenolic OH excluding ortho intramolecular Hbond substituents is 6. The van der Waals surface area contributed by atoms with Crippen LogP contribution in [0.2, 0.25) is 0 Å². The number of aliphatic hydroxyl groups excluding tert-OH is 1. The average Bonchev–Trinajstić information content (AvgIpc) is 3.04. The van der Waals surface area contributed by atoms with Crippen molar-refractivity contribution in [3.05, 3.63) is 35.4 Å². The second kappa shape index (κ2) is 9.30. The van der Waals surface area contributed by atoms with Crippen LogP contribution in [0.25, 0.3) is 0 Å². The molecule has 0 aliphatic carbocycles. The van der Waals surface area contributed by atoms with Gasteiger partial charge in [-0.2, -0.15) is 0 Å². The van der Waals surface area contributed by atoms with Gasteiger partial charge in [0.05, 0.1) is 29.9 Å². The van der Waals surface area contributed by atoms with Crippen molar-refractivity contribution in [3.63, 3.8) is 0 Å². The minimum atomic E-state index is -1.19. The van der Waals surface area contributed by atoms with E-state index >= 15 is 0 Å². The number of phenols is 6. The van der Waals surface area contributed by atoms with Gasteiger partial charge in [0, 0.05) is 5.92 Å². The fraction of sp³-hybridized carbons (Fsp3) is 0.333. The number of hydrogen-bond donors (Lipinski definition) is 7. The van der Waals surface area contributed by atoms with E-state index in [9.17, 15) is 45.3 Å². The first-order valence-electron chi connectivity index (χ1n) is 9.67. The molecule has 2 aromatic carbocycles. The number of carbonyl (C=O) groups is 2. The Labute approximate surface area is 186 Å². The third-order valence-electron chi connectivity index (χ3n) is 5.21. The van der Waals surface area contributed by atoms with Gasteiger partial charge in [-0.3, -0.25) is 0 Å². The van der Waals surface area contributed by atoms with Crippen LogP contribution < -0.4 is 0 Å². The summed E-state index contributed by atoms with van der Waals surface area (Å²) in [5.41, 5.74) is -0.469. The van der Waals surface area contributed by atoms with Crippen molar-refractivity contribution in [3.8, 4) is 34.5 Å². The summed E-state index contributed by atoms with van der Waals surface area (Å²) in [4.78, 5) is 24.3. The Balaban J connectivity index is 1.57. The number of benzene rings is 2. The predicted octanol–water partition coefficient (Wildman–Crippen LogP) is 0.698. The second-order valence-electron chi connectivity index (χ2n) is 7.46. The molecule has 12 heteroatoms. The molecule has 0 aromatic heterocycles. The van der Waals surface area contributed by atoms with Crippen molar-refractivity contribution in [1.82, 2.24) is 0 Å². The molecule has 1 saturated heterocycles. The molecule has 0 spiro atoms. The van der Waals surface area contributed by atoms with Gasteiger partial charge in [0.1, 0.15) is 12.7 Å². The van der Waals surface area contributed by atoms with Crippen molar-refractivity contribution in [1.29, 1.82) is 0 Å². The molecule has 178 valence electrons. The summed E-state index contributed by atoms with van der Waals surface area (Å²) >= 11 is 0. The fourth-order valence-electron chi connectivity index (χ4n) is 3.32. The van der Waals surface area contributed by atoms with Crippen molar-refractivity contribution in [2.24, 2.45) is 5.92 Å². The van der Waals surface area contributed by atoms with E-state index in [1.54, 1.807) is 6.92 Å². The lowest BCUT2D eigenvalue weighted by Crippen LogP contribution is -2.34. The summed E-state index contributed by atoms with van der Waals surface area (Å²) in [7, 11) is 0. The summed E-state index contributed by atoms with van der Waals surface area (Å²) in [5.74, 6) is -7.01. The molecule has 1 aliphatic rings. The Morgan fingerprint density at radius 3 is 1.61 bits per heavy atom. The third kappa shape index (κ3) is 4.96. The summed E-state index contributed by atoms with van der Waals surface area (Å²) in [6.45, 7) is 0.919. The first-order valence-corrected chi connectivity index (χ1v) is 9.67. The first-order chi connectivity index (χ1) is 15.5. The maximum atomic E-state index is 12.2. The molecule has 0 radical (unpaired) electrons. The van der Waals surface area contributed by atoms with Gasteiger partial charge in [-0.1, -0.05) is 0 Å². The van der Waals surface area contributed by atoms with Crippen LogP contribution in [0.5, 0.6) is 34.5 Å². The zero-order valence-corrected chi connectivity index (χ0v) is 17.2. The maximum Gasteiger partial charge on any atom is 0.338 e. The van der Waals surface area contributed by atoms with E-state index in [0.717, 1.165) is 24.3 Å². The molecule has 1 fully saturated rings. The first kappa shape index (κ1) is 23.8. The van der Waals surface area contributed by atoms with Crippen LogP contribution in [-0.2, 0) is 14.2 Å². The van der Waals surface area contributed by atoms with Gasteiger partial charge in [0.25, 0.3) is 0 Å². The quantitative estimate of drug-likeness (QED) is 0.232. The minimum Gasteiger partial charge on any atom is -0.504 e. The van der Waals surface area contributed by atoms with Crippen LogP contribution in [0.15, 0.2) is 24.3 Å². The van der Waals surface area contributed by atoms with Gasteiger partial charge < -0.3 is 50.0 Å². The SMILES string of the molecule is CC1O[C@H](COC(=O)c2cc(O)c(O)c(O)c2)[C@@H](O)[C@@H]1COC(=O)c1cc(O)c(O)c(O)c1. The predicted molar refractivity (Wildman–Crippen MR) is 107 cm³/mol. The van der Waals surface area contributed by atoms with Gasteiger partial charge >= 0.3 is 11.9 Å². The van der Waals surface area contributed by atoms with E-state index in [0.29, 0.717) is 0 Å². The van der Waals surface area contributed by atoms with E-state index in [1.165, 1.54) is 0 Å². The molecular formula is C21H22O12. The Morgan fingerprint density at radius 1 is 0.788 bits per heavy atom. The molecule has 0 amide bonds. The van der Waals surface area contributed by atoms with Gasteiger partial charge in [-0.25, -0.2) is 9.59 Å². The number of aromatic hydroxyl groups is 6. The summed E-state index contributed by atoms with van der Waals surface area (Å²) in [5, 5.41) is 67.1. The van der Waals surface area contributed by atoms with Crippen LogP contribution >= 0.6 is 0 Å². The normalized spacial score (nSPS) is 22.1. The molecule has 1 aliphatic heterocycles. The lowest BCUT2D eigenvalue weighted by molar-refractivity contribution is -0.0299. The Bertz CT molecular complexity index is 1020. The number of carbonyl (C=O) groups excluding carboxylic acids is 2. The van der Waals surface area contributed by atoms with Crippen LogP contribution in [0.3, 0.4) is 0 Å². The Hall–Kier alpha value is -3.90. The van der Waals surface area contributed by atoms with E-state index in [1.807, 2.05) is 0 Å². The van der Waals surface area contributed by atoms with Crippen molar-refractivity contribution in [2.75, 3.05) is 13.2 Å². The summed E-state index contributed by atoms with van der Waals surface area (Å²) in [6, 6.07) is 3.60. The average molecular weight is 466 g/mol. The second-order valence-corrected chi connectivity index (χ2v) is 7.46. The molecule has 0 saturated carbocycles. The van der Waals surface area contributed by atoms with Gasteiger partial charge in [-0.05, 0) is 31.2 Å². The topological polar surface area (TPSA) is 203 Å². The summed E-state index contributed by atoms with van der Waals surface area (Å²) < 4.78 is 15.7. The number of esters is 2. The van der Waals surface area contributed by atoms with E-state index in [2.05, 4.69) is 0 Å². The highest BCUT2D eigenvalue weighted by atomic mass is 16.6. The Morgan fingerprint density at radius 2 is 1.18 bits per heavy atom. The highest BCUT2D eigenvalue weighted by molar-refractivity contribution is 5.91. The van der Waals surface area contributed by atoms with Crippen LogP contribution in [0.1, 0.15) is 27.6 Å². The summed E-state index contributed by atoms with van der Waals surface area (Å²) in [6.07, 6.45) is -2.75. The van der Waals surface area contributed by atoms with Gasteiger partial charge in [-0.15, -0.1) is 0 Å². The molecule has 0 bridgehead atoms. The molecule has 33 heavy (non-hydrogen) atoms. The molecule has 1 unspecified atom stereocenters. The molecular weight excluding hydrogens is 444 g/mol. The van der Waals surface area contributed by atoms with Gasteiger partial charge in [0.15, 0.2) is 34.5 Å². The highest BCUT2D eigenvalue weighted by Gasteiger charge is 2.42. The highest BCUT2D eigenvalue weighted by Crippen LogP contribution is 2.37. The number of aliphatic hydroxyl groups is 1. The lowest BCUT2D eigenvalue weighted by Gasteiger charge is -2.18. The monoisotopic (exact) mass is 466 g/mol. The number of rotatable bonds is 6. The molecule has 12 nitrogen and oxygen atoms in total. The van der Waals surface area contributed by atoms with Crippen molar-refractivity contribution >= 4 is 11.9 Å². The molecule has 7 N–H and O–H groups in total. The van der Waals surface area contributed by atoms with E-state index in [4.69, 9.17) is 14.2 Å². The van der Waals surface area contributed by atoms with Crippen LogP contribution in [0.4, 0.5) is 0 Å². The Kier molecular flexibility index (Phi) is 6.70. The minimum absolute atomic E-state index is 0.227. The van der Waals surface area contributed by atoms with Crippen LogP contribution in [-0.4, -0.2) is 79.2 Å². The number of hydrogen-bond acceptors (Lipinski definition) is 12. The lowest BCUT2D eigenvalue weighted by atomic mass is 9.98. The zero-order valence-electron chi connectivity index (χ0n) is 17.2. The maximum absolute atomic E-state index is 12.2. The third-order valence-corrected chi connectivity index (χ3v) is 5.21. The number of ether oxygens (including phenoxy) is 3.